The quantitative estimate of drug-likeness (QED) is 0.848. The first-order valence-electron chi connectivity index (χ1n) is 7.52. The van der Waals surface area contributed by atoms with Crippen LogP contribution in [-0.4, -0.2) is 46.5 Å². The summed E-state index contributed by atoms with van der Waals surface area (Å²) in [4.78, 5) is 11.3. The van der Waals surface area contributed by atoms with Crippen LogP contribution in [0.4, 0.5) is 0 Å². The summed E-state index contributed by atoms with van der Waals surface area (Å²) < 4.78 is 0. The highest BCUT2D eigenvalue weighted by molar-refractivity contribution is 7.09. The van der Waals surface area contributed by atoms with Gasteiger partial charge >= 0.3 is 0 Å². The van der Waals surface area contributed by atoms with Gasteiger partial charge in [-0.3, -0.25) is 9.80 Å². The lowest BCUT2D eigenvalue weighted by Gasteiger charge is -2.45. The Morgan fingerprint density at radius 1 is 1.42 bits per heavy atom. The van der Waals surface area contributed by atoms with Gasteiger partial charge in [0, 0.05) is 36.6 Å². The lowest BCUT2D eigenvalue weighted by Crippen LogP contribution is -2.57. The van der Waals surface area contributed by atoms with Gasteiger partial charge < -0.3 is 0 Å². The van der Waals surface area contributed by atoms with E-state index in [1.54, 1.807) is 0 Å². The van der Waals surface area contributed by atoms with Crippen LogP contribution in [0.3, 0.4) is 0 Å². The van der Waals surface area contributed by atoms with Crippen LogP contribution in [0.5, 0.6) is 0 Å². The molecule has 0 spiro atoms. The van der Waals surface area contributed by atoms with E-state index in [2.05, 4.69) is 35.6 Å². The van der Waals surface area contributed by atoms with E-state index in [4.69, 9.17) is 0 Å². The number of piperazine rings is 1. The van der Waals surface area contributed by atoms with E-state index in [1.165, 1.54) is 43.0 Å². The van der Waals surface area contributed by atoms with Crippen molar-refractivity contribution in [2.24, 2.45) is 5.92 Å². The molecule has 19 heavy (non-hydrogen) atoms. The minimum absolute atomic E-state index is 0.704. The molecule has 0 aromatic carbocycles. The summed E-state index contributed by atoms with van der Waals surface area (Å²) in [6, 6.07) is 1.51. The van der Waals surface area contributed by atoms with Crippen molar-refractivity contribution in [3.05, 3.63) is 16.1 Å². The highest BCUT2D eigenvalue weighted by Crippen LogP contribution is 2.29. The van der Waals surface area contributed by atoms with Crippen LogP contribution >= 0.6 is 11.3 Å². The average Bonchev–Trinajstić information content (AvgIpc) is 2.97. The lowest BCUT2D eigenvalue weighted by molar-refractivity contribution is 0.0244. The molecule has 0 radical (unpaired) electrons. The fourth-order valence-corrected chi connectivity index (χ4v) is 4.38. The number of aromatic nitrogens is 1. The van der Waals surface area contributed by atoms with Crippen LogP contribution in [0.15, 0.2) is 5.51 Å². The molecule has 3 heterocycles. The van der Waals surface area contributed by atoms with E-state index in [-0.39, 0.29) is 0 Å². The number of hydrogen-bond acceptors (Lipinski definition) is 4. The van der Waals surface area contributed by atoms with Gasteiger partial charge in [0.25, 0.3) is 0 Å². The number of fused-ring (bicyclic) bond motifs is 1. The molecule has 106 valence electrons. The Balaban J connectivity index is 1.75. The number of thiazole rings is 1. The molecule has 2 fully saturated rings. The van der Waals surface area contributed by atoms with Gasteiger partial charge in [-0.1, -0.05) is 13.8 Å². The Morgan fingerprint density at radius 3 is 2.95 bits per heavy atom. The third kappa shape index (κ3) is 2.71. The minimum Gasteiger partial charge on any atom is -0.298 e. The molecule has 2 saturated heterocycles. The van der Waals surface area contributed by atoms with Gasteiger partial charge in [0.05, 0.1) is 11.2 Å². The molecule has 2 unspecified atom stereocenters. The Hall–Kier alpha value is -0.450. The number of aryl methyl sites for hydroxylation is 1. The summed E-state index contributed by atoms with van der Waals surface area (Å²) in [7, 11) is 0. The van der Waals surface area contributed by atoms with Crippen LogP contribution in [0.25, 0.3) is 0 Å². The maximum Gasteiger partial charge on any atom is 0.0798 e. The van der Waals surface area contributed by atoms with Crippen molar-refractivity contribution in [2.45, 2.75) is 52.2 Å². The van der Waals surface area contributed by atoms with E-state index in [0.29, 0.717) is 6.04 Å². The van der Waals surface area contributed by atoms with Crippen molar-refractivity contribution in [1.82, 2.24) is 14.8 Å². The van der Waals surface area contributed by atoms with E-state index in [9.17, 15) is 0 Å². The number of nitrogens with zero attached hydrogens (tertiary/aromatic N) is 3. The Morgan fingerprint density at radius 2 is 2.26 bits per heavy atom. The average molecular weight is 279 g/mol. The zero-order valence-corrected chi connectivity index (χ0v) is 13.1. The zero-order valence-electron chi connectivity index (χ0n) is 12.3. The van der Waals surface area contributed by atoms with Gasteiger partial charge in [-0.05, 0) is 32.2 Å². The van der Waals surface area contributed by atoms with Crippen LogP contribution in [0.2, 0.25) is 0 Å². The molecule has 0 N–H and O–H groups in total. The molecule has 0 amide bonds. The highest BCUT2D eigenvalue weighted by atomic mass is 32.1. The SMILES string of the molecule is Cc1ncsc1CN1CC2CCCN2CC1C(C)C. The van der Waals surface area contributed by atoms with Crippen molar-refractivity contribution in [3.63, 3.8) is 0 Å². The summed E-state index contributed by atoms with van der Waals surface area (Å²) in [6.45, 7) is 11.8. The van der Waals surface area contributed by atoms with Crippen molar-refractivity contribution in [3.8, 4) is 0 Å². The standard InChI is InChI=1S/C15H25N3S/c1-11(2)14-8-17-6-4-5-13(17)7-18(14)9-15-12(3)16-10-19-15/h10-11,13-14H,4-9H2,1-3H3. The van der Waals surface area contributed by atoms with Gasteiger partial charge in [0.15, 0.2) is 0 Å². The minimum atomic E-state index is 0.704. The van der Waals surface area contributed by atoms with Crippen molar-refractivity contribution in [1.29, 1.82) is 0 Å². The maximum atomic E-state index is 4.40. The van der Waals surface area contributed by atoms with E-state index in [1.807, 2.05) is 16.8 Å². The Bertz CT molecular complexity index is 429. The Labute approximate surface area is 120 Å². The molecule has 0 bridgehead atoms. The van der Waals surface area contributed by atoms with Crippen LogP contribution in [0, 0.1) is 12.8 Å². The molecule has 0 saturated carbocycles. The Kier molecular flexibility index (Phi) is 3.92. The molecule has 3 nitrogen and oxygen atoms in total. The number of hydrogen-bond donors (Lipinski definition) is 0. The zero-order chi connectivity index (χ0) is 13.4. The first-order chi connectivity index (χ1) is 9.15. The third-order valence-corrected chi connectivity index (χ3v) is 5.72. The maximum absolute atomic E-state index is 4.40. The predicted octanol–water partition coefficient (Wildman–Crippen LogP) is 2.76. The molecule has 2 atom stereocenters. The van der Waals surface area contributed by atoms with Crippen molar-refractivity contribution < 1.29 is 0 Å². The van der Waals surface area contributed by atoms with E-state index in [0.717, 1.165) is 18.5 Å². The highest BCUT2D eigenvalue weighted by Gasteiger charge is 2.37. The first-order valence-corrected chi connectivity index (χ1v) is 8.40. The molecule has 3 rings (SSSR count). The van der Waals surface area contributed by atoms with Gasteiger partial charge in [-0.2, -0.15) is 0 Å². The predicted molar refractivity (Wildman–Crippen MR) is 80.5 cm³/mol. The van der Waals surface area contributed by atoms with E-state index >= 15 is 0 Å². The van der Waals surface area contributed by atoms with Crippen molar-refractivity contribution >= 4 is 11.3 Å². The smallest absolute Gasteiger partial charge is 0.0798 e. The van der Waals surface area contributed by atoms with E-state index < -0.39 is 0 Å². The van der Waals surface area contributed by atoms with Crippen LogP contribution in [-0.2, 0) is 6.54 Å². The first kappa shape index (κ1) is 13.5. The fraction of sp³-hybridized carbons (Fsp3) is 0.800. The van der Waals surface area contributed by atoms with Gasteiger partial charge in [-0.25, -0.2) is 4.98 Å². The molecule has 1 aromatic rings. The second-order valence-corrected chi connectivity index (χ2v) is 7.33. The van der Waals surface area contributed by atoms with Crippen LogP contribution < -0.4 is 0 Å². The summed E-state index contributed by atoms with van der Waals surface area (Å²) in [5.74, 6) is 0.731. The molecule has 0 aliphatic carbocycles. The van der Waals surface area contributed by atoms with Gasteiger partial charge in [0.2, 0.25) is 0 Å². The summed E-state index contributed by atoms with van der Waals surface area (Å²) >= 11 is 1.82. The molecular formula is C15H25N3S. The molecule has 4 heteroatoms. The topological polar surface area (TPSA) is 19.4 Å². The van der Waals surface area contributed by atoms with Crippen molar-refractivity contribution in [2.75, 3.05) is 19.6 Å². The number of rotatable bonds is 3. The molecule has 2 aliphatic heterocycles. The monoisotopic (exact) mass is 279 g/mol. The molecular weight excluding hydrogens is 254 g/mol. The summed E-state index contributed by atoms with van der Waals surface area (Å²) in [5.41, 5.74) is 3.21. The second-order valence-electron chi connectivity index (χ2n) is 6.39. The summed E-state index contributed by atoms with van der Waals surface area (Å²) in [6.07, 6.45) is 2.78. The normalized spacial score (nSPS) is 29.1. The second kappa shape index (κ2) is 5.51. The largest absolute Gasteiger partial charge is 0.298 e. The van der Waals surface area contributed by atoms with Gasteiger partial charge in [-0.15, -0.1) is 11.3 Å². The summed E-state index contributed by atoms with van der Waals surface area (Å²) in [5, 5.41) is 0. The van der Waals surface area contributed by atoms with Crippen LogP contribution in [0.1, 0.15) is 37.3 Å². The lowest BCUT2D eigenvalue weighted by atomic mass is 9.97. The third-order valence-electron chi connectivity index (χ3n) is 4.80. The molecule has 2 aliphatic rings. The van der Waals surface area contributed by atoms with Gasteiger partial charge in [0.1, 0.15) is 0 Å². The fourth-order valence-electron chi connectivity index (χ4n) is 3.58. The molecule has 1 aromatic heterocycles.